The molecule has 0 radical (unpaired) electrons. The van der Waals surface area contributed by atoms with Gasteiger partial charge in [-0.05, 0) is 24.2 Å². The Hall–Kier alpha value is -1.12. The van der Waals surface area contributed by atoms with Crippen LogP contribution in [0.4, 0.5) is 0 Å². The minimum Gasteiger partial charge on any atom is -0.301 e. The van der Waals surface area contributed by atoms with Gasteiger partial charge in [-0.25, -0.2) is 4.98 Å². The highest BCUT2D eigenvalue weighted by molar-refractivity contribution is 8.00. The Kier molecular flexibility index (Phi) is 5.99. The number of carbonyl (C=O) groups excluding carboxylic acids is 1. The van der Waals surface area contributed by atoms with Crippen molar-refractivity contribution < 1.29 is 4.79 Å². The molecule has 1 saturated heterocycles. The first-order valence-corrected chi connectivity index (χ1v) is 11.2. The molecule has 0 spiro atoms. The molecule has 3 heterocycles. The minimum atomic E-state index is -0.300. The van der Waals surface area contributed by atoms with E-state index in [1.165, 1.54) is 16.4 Å². The van der Waals surface area contributed by atoms with Crippen molar-refractivity contribution in [3.05, 3.63) is 39.6 Å². The third kappa shape index (κ3) is 3.71. The van der Waals surface area contributed by atoms with Crippen LogP contribution < -0.4 is 0 Å². The molecule has 0 saturated carbocycles. The van der Waals surface area contributed by atoms with Gasteiger partial charge in [0.25, 0.3) is 5.91 Å². The molecule has 2 aromatic rings. The Morgan fingerprint density at radius 3 is 2.54 bits per heavy atom. The second kappa shape index (κ2) is 8.32. The maximum absolute atomic E-state index is 13.2. The molecule has 1 aromatic carbocycles. The molecule has 0 N–H and O–H groups in total. The highest BCUT2D eigenvalue weighted by Crippen LogP contribution is 2.42. The van der Waals surface area contributed by atoms with Crippen LogP contribution in [-0.2, 0) is 6.42 Å². The Morgan fingerprint density at radius 2 is 1.93 bits per heavy atom. The number of fused-ring (bicyclic) bond motifs is 1. The molecular weight excluding hydrogens is 417 g/mol. The standard InChI is InChI=1S/C19H23Cl2N5OS/c1-3-15-22-19-26(23-15)18(27)17(28-19)16(12-5-6-13(20)14(21)11-12)25-9-7-24(4-2)8-10-25/h5-6,11,16-17H,3-4,7-10H2,1-2H3. The summed E-state index contributed by atoms with van der Waals surface area (Å²) in [6.45, 7) is 8.99. The van der Waals surface area contributed by atoms with Crippen LogP contribution in [0.2, 0.25) is 10.0 Å². The molecule has 0 bridgehead atoms. The lowest BCUT2D eigenvalue weighted by molar-refractivity contribution is 0.0739. The van der Waals surface area contributed by atoms with Crippen LogP contribution in [0.3, 0.4) is 0 Å². The summed E-state index contributed by atoms with van der Waals surface area (Å²) in [4.78, 5) is 22.5. The predicted molar refractivity (Wildman–Crippen MR) is 113 cm³/mol. The number of likely N-dealkylation sites (N-methyl/N-ethyl adjacent to an activating group) is 1. The van der Waals surface area contributed by atoms with Gasteiger partial charge in [0.05, 0.1) is 16.1 Å². The highest BCUT2D eigenvalue weighted by Gasteiger charge is 2.43. The Bertz CT molecular complexity index is 881. The van der Waals surface area contributed by atoms with E-state index >= 15 is 0 Å². The van der Waals surface area contributed by atoms with Gasteiger partial charge in [-0.2, -0.15) is 4.68 Å². The van der Waals surface area contributed by atoms with Crippen molar-refractivity contribution >= 4 is 40.9 Å². The third-order valence-electron chi connectivity index (χ3n) is 5.44. The monoisotopic (exact) mass is 439 g/mol. The second-order valence-corrected chi connectivity index (χ2v) is 8.96. The van der Waals surface area contributed by atoms with Crippen LogP contribution in [0.5, 0.6) is 0 Å². The van der Waals surface area contributed by atoms with E-state index in [0.29, 0.717) is 27.4 Å². The zero-order valence-electron chi connectivity index (χ0n) is 15.9. The molecule has 2 aliphatic rings. The molecule has 6 nitrogen and oxygen atoms in total. The van der Waals surface area contributed by atoms with Crippen molar-refractivity contribution in [2.75, 3.05) is 32.7 Å². The predicted octanol–water partition coefficient (Wildman–Crippen LogP) is 3.64. The number of halogens is 2. The van der Waals surface area contributed by atoms with E-state index in [4.69, 9.17) is 23.2 Å². The largest absolute Gasteiger partial charge is 0.301 e. The molecule has 0 aliphatic carbocycles. The van der Waals surface area contributed by atoms with E-state index in [0.717, 1.165) is 38.3 Å². The summed E-state index contributed by atoms with van der Waals surface area (Å²) in [7, 11) is 0. The fraction of sp³-hybridized carbons (Fsp3) is 0.526. The van der Waals surface area contributed by atoms with Crippen molar-refractivity contribution in [2.45, 2.75) is 36.7 Å². The number of aromatic nitrogens is 3. The summed E-state index contributed by atoms with van der Waals surface area (Å²) in [5, 5.41) is 5.80. The van der Waals surface area contributed by atoms with Crippen molar-refractivity contribution in [1.29, 1.82) is 0 Å². The fourth-order valence-corrected chi connectivity index (χ4v) is 5.40. The first kappa shape index (κ1) is 20.2. The lowest BCUT2D eigenvalue weighted by Gasteiger charge is -2.40. The number of nitrogens with zero attached hydrogens (tertiary/aromatic N) is 5. The van der Waals surface area contributed by atoms with E-state index in [1.54, 1.807) is 0 Å². The molecule has 1 fully saturated rings. The van der Waals surface area contributed by atoms with Crippen LogP contribution >= 0.6 is 35.0 Å². The van der Waals surface area contributed by atoms with E-state index in [2.05, 4.69) is 26.8 Å². The SMILES string of the molecule is CCc1nc2n(n1)C(=O)C(C(c1ccc(Cl)c(Cl)c1)N1CCN(CC)CC1)S2. The zero-order chi connectivity index (χ0) is 19.8. The zero-order valence-corrected chi connectivity index (χ0v) is 18.3. The lowest BCUT2D eigenvalue weighted by Crippen LogP contribution is -2.50. The molecule has 2 unspecified atom stereocenters. The number of aryl methyl sites for hydroxylation is 1. The number of rotatable bonds is 5. The highest BCUT2D eigenvalue weighted by atomic mass is 35.5. The quantitative estimate of drug-likeness (QED) is 0.708. The summed E-state index contributed by atoms with van der Waals surface area (Å²) < 4.78 is 1.47. The van der Waals surface area contributed by atoms with E-state index in [1.807, 2.05) is 25.1 Å². The topological polar surface area (TPSA) is 54.3 Å². The van der Waals surface area contributed by atoms with Gasteiger partial charge in [0, 0.05) is 32.6 Å². The van der Waals surface area contributed by atoms with Gasteiger partial charge in [-0.15, -0.1) is 5.10 Å². The van der Waals surface area contributed by atoms with E-state index in [9.17, 15) is 4.79 Å². The average Bonchev–Trinajstić information content (AvgIpc) is 3.25. The minimum absolute atomic E-state index is 0.0128. The molecule has 0 amide bonds. The Morgan fingerprint density at radius 1 is 1.18 bits per heavy atom. The van der Waals surface area contributed by atoms with Crippen LogP contribution in [0.1, 0.15) is 36.1 Å². The third-order valence-corrected chi connectivity index (χ3v) is 7.37. The number of hydrogen-bond donors (Lipinski definition) is 0. The van der Waals surface area contributed by atoms with Gasteiger partial charge in [0.2, 0.25) is 0 Å². The number of benzene rings is 1. The Labute approximate surface area is 179 Å². The number of thioether (sulfide) groups is 1. The maximum Gasteiger partial charge on any atom is 0.264 e. The summed E-state index contributed by atoms with van der Waals surface area (Å²) in [5.74, 6) is 0.693. The molecule has 28 heavy (non-hydrogen) atoms. The first-order valence-electron chi connectivity index (χ1n) is 9.60. The van der Waals surface area contributed by atoms with Crippen molar-refractivity contribution in [2.24, 2.45) is 0 Å². The van der Waals surface area contributed by atoms with Crippen LogP contribution in [0.25, 0.3) is 0 Å². The van der Waals surface area contributed by atoms with Gasteiger partial charge in [-0.1, -0.05) is 54.9 Å². The first-order chi connectivity index (χ1) is 13.5. The summed E-state index contributed by atoms with van der Waals surface area (Å²) in [6.07, 6.45) is 0.716. The van der Waals surface area contributed by atoms with Crippen molar-refractivity contribution in [1.82, 2.24) is 24.6 Å². The van der Waals surface area contributed by atoms with Crippen molar-refractivity contribution in [3.8, 4) is 0 Å². The Balaban J connectivity index is 1.66. The van der Waals surface area contributed by atoms with Gasteiger partial charge in [-0.3, -0.25) is 9.69 Å². The number of hydrogen-bond acceptors (Lipinski definition) is 6. The van der Waals surface area contributed by atoms with Gasteiger partial charge in [0.15, 0.2) is 11.0 Å². The average molecular weight is 440 g/mol. The van der Waals surface area contributed by atoms with E-state index < -0.39 is 0 Å². The number of carbonyl (C=O) groups is 1. The molecule has 4 rings (SSSR count). The number of piperazine rings is 1. The second-order valence-electron chi connectivity index (χ2n) is 7.04. The lowest BCUT2D eigenvalue weighted by atomic mass is 10.00. The van der Waals surface area contributed by atoms with Gasteiger partial charge < -0.3 is 4.90 Å². The summed E-state index contributed by atoms with van der Waals surface area (Å²) >= 11 is 14.0. The molecular formula is C19H23Cl2N5OS. The normalized spacial score (nSPS) is 21.9. The summed E-state index contributed by atoms with van der Waals surface area (Å²) in [5.41, 5.74) is 1.01. The summed E-state index contributed by atoms with van der Waals surface area (Å²) in [6, 6.07) is 5.58. The van der Waals surface area contributed by atoms with Gasteiger partial charge in [0.1, 0.15) is 5.25 Å². The van der Waals surface area contributed by atoms with Crippen LogP contribution in [0, 0.1) is 0 Å². The molecule has 1 aromatic heterocycles. The van der Waals surface area contributed by atoms with Gasteiger partial charge >= 0.3 is 0 Å². The smallest absolute Gasteiger partial charge is 0.264 e. The van der Waals surface area contributed by atoms with Crippen LogP contribution in [0.15, 0.2) is 23.4 Å². The fourth-order valence-electron chi connectivity index (χ4n) is 3.82. The van der Waals surface area contributed by atoms with E-state index in [-0.39, 0.29) is 17.2 Å². The molecule has 9 heteroatoms. The molecule has 2 aliphatic heterocycles. The van der Waals surface area contributed by atoms with Crippen LogP contribution in [-0.4, -0.2) is 68.4 Å². The van der Waals surface area contributed by atoms with Crippen molar-refractivity contribution in [3.63, 3.8) is 0 Å². The molecule has 2 atom stereocenters. The molecule has 150 valence electrons. The maximum atomic E-state index is 13.2.